The molecule has 0 unspecified atom stereocenters. The molecular weight excluding hydrogens is 262 g/mol. The zero-order valence-electron chi connectivity index (χ0n) is 12.9. The second kappa shape index (κ2) is 6.50. The van der Waals surface area contributed by atoms with E-state index >= 15 is 0 Å². The van der Waals surface area contributed by atoms with E-state index in [-0.39, 0.29) is 0 Å². The fraction of sp³-hybridized carbons (Fsp3) is 0.294. The number of nitrogens with two attached hydrogens (primary N) is 2. The number of hydrogen-bond donors (Lipinski definition) is 2. The minimum atomic E-state index is 0.636. The molecule has 2 rings (SSSR count). The molecule has 0 aromatic heterocycles. The summed E-state index contributed by atoms with van der Waals surface area (Å²) in [5, 5.41) is 0. The molecule has 4 N–H and O–H groups in total. The third kappa shape index (κ3) is 3.47. The molecule has 0 bridgehead atoms. The van der Waals surface area contributed by atoms with Crippen molar-refractivity contribution in [2.75, 3.05) is 44.2 Å². The highest BCUT2D eigenvalue weighted by molar-refractivity contribution is 5.78. The van der Waals surface area contributed by atoms with Crippen LogP contribution in [0.3, 0.4) is 0 Å². The Morgan fingerprint density at radius 2 is 1.71 bits per heavy atom. The molecule has 0 saturated heterocycles. The molecule has 112 valence electrons. The standard InChI is InChI=1S/C17H23N3O/c1-20(2)14-6-4-12(5-7-14)16-10-13(18)11-17(19)15(16)8-9-21-3/h4-7,10-11H,8-9,18-19H2,1-3H3. The Kier molecular flexibility index (Phi) is 4.70. The van der Waals surface area contributed by atoms with Gasteiger partial charge in [-0.25, -0.2) is 0 Å². The Hall–Kier alpha value is -2.20. The van der Waals surface area contributed by atoms with Gasteiger partial charge in [0, 0.05) is 38.3 Å². The van der Waals surface area contributed by atoms with Gasteiger partial charge in [0.2, 0.25) is 0 Å². The number of benzene rings is 2. The van der Waals surface area contributed by atoms with Crippen molar-refractivity contribution >= 4 is 17.1 Å². The first-order chi connectivity index (χ1) is 10.0. The van der Waals surface area contributed by atoms with Crippen LogP contribution in [0.15, 0.2) is 36.4 Å². The number of rotatable bonds is 5. The zero-order chi connectivity index (χ0) is 15.4. The first-order valence-electron chi connectivity index (χ1n) is 6.97. The lowest BCUT2D eigenvalue weighted by Crippen LogP contribution is -2.08. The third-order valence-electron chi connectivity index (χ3n) is 3.56. The SMILES string of the molecule is COCCc1c(N)cc(N)cc1-c1ccc(N(C)C)cc1. The van der Waals surface area contributed by atoms with Crippen molar-refractivity contribution in [3.05, 3.63) is 42.0 Å². The number of hydrogen-bond acceptors (Lipinski definition) is 4. The molecule has 4 nitrogen and oxygen atoms in total. The topological polar surface area (TPSA) is 64.5 Å². The van der Waals surface area contributed by atoms with Gasteiger partial charge in [-0.05, 0) is 47.4 Å². The van der Waals surface area contributed by atoms with Crippen LogP contribution in [0.5, 0.6) is 0 Å². The average molecular weight is 285 g/mol. The monoisotopic (exact) mass is 285 g/mol. The maximum atomic E-state index is 6.13. The number of anilines is 3. The highest BCUT2D eigenvalue weighted by atomic mass is 16.5. The lowest BCUT2D eigenvalue weighted by molar-refractivity contribution is 0.202. The van der Waals surface area contributed by atoms with Crippen LogP contribution >= 0.6 is 0 Å². The van der Waals surface area contributed by atoms with Crippen LogP contribution in [-0.2, 0) is 11.2 Å². The molecule has 2 aromatic rings. The van der Waals surface area contributed by atoms with Gasteiger partial charge in [0.25, 0.3) is 0 Å². The molecule has 0 radical (unpaired) electrons. The smallest absolute Gasteiger partial charge is 0.0503 e. The van der Waals surface area contributed by atoms with Crippen LogP contribution in [0.1, 0.15) is 5.56 Å². The first-order valence-corrected chi connectivity index (χ1v) is 6.97. The average Bonchev–Trinajstić information content (AvgIpc) is 2.46. The normalized spacial score (nSPS) is 10.6. The number of nitrogens with zero attached hydrogens (tertiary/aromatic N) is 1. The summed E-state index contributed by atoms with van der Waals surface area (Å²) in [6.45, 7) is 0.636. The summed E-state index contributed by atoms with van der Waals surface area (Å²) in [4.78, 5) is 2.07. The minimum absolute atomic E-state index is 0.636. The molecule has 0 atom stereocenters. The van der Waals surface area contributed by atoms with Gasteiger partial charge in [0.15, 0.2) is 0 Å². The highest BCUT2D eigenvalue weighted by Gasteiger charge is 2.10. The molecule has 0 aliphatic heterocycles. The zero-order valence-corrected chi connectivity index (χ0v) is 12.9. The number of nitrogen functional groups attached to an aromatic ring is 2. The highest BCUT2D eigenvalue weighted by Crippen LogP contribution is 2.32. The van der Waals surface area contributed by atoms with E-state index in [2.05, 4.69) is 29.2 Å². The first kappa shape index (κ1) is 15.2. The largest absolute Gasteiger partial charge is 0.399 e. The van der Waals surface area contributed by atoms with Crippen LogP contribution in [0.4, 0.5) is 17.1 Å². The minimum Gasteiger partial charge on any atom is -0.399 e. The van der Waals surface area contributed by atoms with Crippen molar-refractivity contribution in [2.24, 2.45) is 0 Å². The van der Waals surface area contributed by atoms with Crippen LogP contribution in [0.25, 0.3) is 11.1 Å². The van der Waals surface area contributed by atoms with E-state index in [9.17, 15) is 0 Å². The van der Waals surface area contributed by atoms with Gasteiger partial charge in [-0.1, -0.05) is 12.1 Å². The van der Waals surface area contributed by atoms with E-state index in [1.54, 1.807) is 7.11 Å². The Morgan fingerprint density at radius 3 is 2.29 bits per heavy atom. The molecule has 2 aromatic carbocycles. The molecule has 0 saturated carbocycles. The number of methoxy groups -OCH3 is 1. The summed E-state index contributed by atoms with van der Waals surface area (Å²) >= 11 is 0. The summed E-state index contributed by atoms with van der Waals surface area (Å²) in [5.74, 6) is 0. The summed E-state index contributed by atoms with van der Waals surface area (Å²) in [5.41, 5.74) is 17.9. The van der Waals surface area contributed by atoms with E-state index in [0.29, 0.717) is 12.3 Å². The fourth-order valence-corrected chi connectivity index (χ4v) is 2.40. The lowest BCUT2D eigenvalue weighted by atomic mass is 9.95. The van der Waals surface area contributed by atoms with Gasteiger partial charge in [-0.15, -0.1) is 0 Å². The van der Waals surface area contributed by atoms with E-state index < -0.39 is 0 Å². The van der Waals surface area contributed by atoms with Crippen molar-refractivity contribution in [1.29, 1.82) is 0 Å². The van der Waals surface area contributed by atoms with Crippen molar-refractivity contribution in [1.82, 2.24) is 0 Å². The van der Waals surface area contributed by atoms with E-state index in [1.165, 1.54) is 0 Å². The third-order valence-corrected chi connectivity index (χ3v) is 3.56. The Morgan fingerprint density at radius 1 is 1.05 bits per heavy atom. The Balaban J connectivity index is 2.45. The summed E-state index contributed by atoms with van der Waals surface area (Å²) in [6, 6.07) is 12.2. The molecule has 4 heteroatoms. The van der Waals surface area contributed by atoms with Crippen LogP contribution in [-0.4, -0.2) is 27.8 Å². The van der Waals surface area contributed by atoms with Crippen molar-refractivity contribution in [2.45, 2.75) is 6.42 Å². The molecule has 0 heterocycles. The van der Waals surface area contributed by atoms with Gasteiger partial charge in [0.1, 0.15) is 0 Å². The Bertz CT molecular complexity index is 606. The van der Waals surface area contributed by atoms with E-state index in [4.69, 9.17) is 16.2 Å². The second-order valence-corrected chi connectivity index (χ2v) is 5.32. The summed E-state index contributed by atoms with van der Waals surface area (Å²) in [7, 11) is 5.74. The Labute approximate surface area is 126 Å². The van der Waals surface area contributed by atoms with Crippen LogP contribution in [0, 0.1) is 0 Å². The molecule has 0 fully saturated rings. The van der Waals surface area contributed by atoms with Gasteiger partial charge in [-0.3, -0.25) is 0 Å². The van der Waals surface area contributed by atoms with Crippen molar-refractivity contribution in [3.63, 3.8) is 0 Å². The summed E-state index contributed by atoms with van der Waals surface area (Å²) < 4.78 is 5.18. The van der Waals surface area contributed by atoms with Crippen LogP contribution < -0.4 is 16.4 Å². The van der Waals surface area contributed by atoms with Gasteiger partial charge in [-0.2, -0.15) is 0 Å². The molecule has 0 amide bonds. The van der Waals surface area contributed by atoms with Crippen molar-refractivity contribution in [3.8, 4) is 11.1 Å². The molecule has 0 aliphatic rings. The van der Waals surface area contributed by atoms with E-state index in [0.717, 1.165) is 34.5 Å². The summed E-state index contributed by atoms with van der Waals surface area (Å²) in [6.07, 6.45) is 0.771. The van der Waals surface area contributed by atoms with Gasteiger partial charge < -0.3 is 21.1 Å². The molecule has 0 aliphatic carbocycles. The predicted molar refractivity (Wildman–Crippen MR) is 90.6 cm³/mol. The molecule has 0 spiro atoms. The van der Waals surface area contributed by atoms with Gasteiger partial charge in [0.05, 0.1) is 6.61 Å². The van der Waals surface area contributed by atoms with Gasteiger partial charge >= 0.3 is 0 Å². The molecular formula is C17H23N3O. The predicted octanol–water partition coefficient (Wildman–Crippen LogP) is 2.77. The number of ether oxygens (including phenoxy) is 1. The van der Waals surface area contributed by atoms with E-state index in [1.807, 2.05) is 26.2 Å². The van der Waals surface area contributed by atoms with Crippen molar-refractivity contribution < 1.29 is 4.74 Å². The maximum absolute atomic E-state index is 6.13. The molecule has 21 heavy (non-hydrogen) atoms. The van der Waals surface area contributed by atoms with Crippen LogP contribution in [0.2, 0.25) is 0 Å². The quantitative estimate of drug-likeness (QED) is 0.829. The lowest BCUT2D eigenvalue weighted by Gasteiger charge is -2.16. The second-order valence-electron chi connectivity index (χ2n) is 5.32. The maximum Gasteiger partial charge on any atom is 0.0503 e. The fourth-order valence-electron chi connectivity index (χ4n) is 2.40.